The zero-order chi connectivity index (χ0) is 22.1. The first-order valence-electron chi connectivity index (χ1n) is 10.1. The number of thioether (sulfide) groups is 1. The molecule has 2 aliphatic rings. The van der Waals surface area contributed by atoms with Crippen LogP contribution in [0, 0.1) is 0 Å². The summed E-state index contributed by atoms with van der Waals surface area (Å²) in [6, 6.07) is 23.2. The van der Waals surface area contributed by atoms with E-state index in [4.69, 9.17) is 14.5 Å². The Hall–Kier alpha value is -3.03. The van der Waals surface area contributed by atoms with E-state index in [9.17, 15) is 4.79 Å². The Labute approximate surface area is 198 Å². The van der Waals surface area contributed by atoms with Crippen molar-refractivity contribution in [2.75, 3.05) is 6.79 Å². The van der Waals surface area contributed by atoms with Crippen LogP contribution < -0.4 is 9.47 Å². The molecule has 0 N–H and O–H groups in total. The summed E-state index contributed by atoms with van der Waals surface area (Å²) in [5.41, 5.74) is 2.70. The number of amides is 1. The Morgan fingerprint density at radius 2 is 1.69 bits per heavy atom. The Morgan fingerprint density at radius 3 is 2.41 bits per heavy atom. The van der Waals surface area contributed by atoms with Gasteiger partial charge in [-0.1, -0.05) is 64.5 Å². The van der Waals surface area contributed by atoms with Crippen molar-refractivity contribution < 1.29 is 14.3 Å². The summed E-state index contributed by atoms with van der Waals surface area (Å²) in [6.45, 7) is 2.22. The van der Waals surface area contributed by atoms with E-state index in [-0.39, 0.29) is 18.7 Å². The lowest BCUT2D eigenvalue weighted by Crippen LogP contribution is -2.32. The van der Waals surface area contributed by atoms with Crippen LogP contribution >= 0.6 is 27.7 Å². The molecular weight excluding hydrogens is 488 g/mol. The van der Waals surface area contributed by atoms with Crippen LogP contribution in [-0.4, -0.2) is 22.8 Å². The van der Waals surface area contributed by atoms with Crippen LogP contribution in [0.1, 0.15) is 24.1 Å². The van der Waals surface area contributed by atoms with E-state index < -0.39 is 0 Å². The van der Waals surface area contributed by atoms with E-state index in [1.807, 2.05) is 85.8 Å². The van der Waals surface area contributed by atoms with Gasteiger partial charge in [-0.25, -0.2) is 4.99 Å². The molecule has 7 heteroatoms. The van der Waals surface area contributed by atoms with Crippen molar-refractivity contribution >= 4 is 50.5 Å². The molecule has 2 aliphatic heterocycles. The molecule has 1 atom stereocenters. The van der Waals surface area contributed by atoms with E-state index in [1.54, 1.807) is 4.90 Å². The molecule has 0 radical (unpaired) electrons. The predicted molar refractivity (Wildman–Crippen MR) is 131 cm³/mol. The number of amidine groups is 1. The molecule has 160 valence electrons. The number of carbonyl (C=O) groups excluding carboxylic acids is 1. The second kappa shape index (κ2) is 8.84. The Kier molecular flexibility index (Phi) is 5.76. The summed E-state index contributed by atoms with van der Waals surface area (Å²) >= 11 is 4.96. The number of carbonyl (C=O) groups is 1. The number of para-hydroxylation sites is 1. The van der Waals surface area contributed by atoms with Crippen molar-refractivity contribution in [3.63, 3.8) is 0 Å². The topological polar surface area (TPSA) is 51.1 Å². The highest BCUT2D eigenvalue weighted by Gasteiger charge is 2.37. The zero-order valence-corrected chi connectivity index (χ0v) is 19.6. The number of ether oxygens (including phenoxy) is 2. The van der Waals surface area contributed by atoms with Crippen LogP contribution in [0.25, 0.3) is 6.08 Å². The van der Waals surface area contributed by atoms with E-state index in [0.29, 0.717) is 21.6 Å². The van der Waals surface area contributed by atoms with Gasteiger partial charge in [0.1, 0.15) is 0 Å². The molecule has 1 fully saturated rings. The number of hydrogen-bond acceptors (Lipinski definition) is 5. The first-order chi connectivity index (χ1) is 15.6. The minimum absolute atomic E-state index is 0.0781. The fourth-order valence-corrected chi connectivity index (χ4v) is 5.08. The fourth-order valence-electron chi connectivity index (χ4n) is 3.58. The van der Waals surface area contributed by atoms with Crippen LogP contribution in [0.15, 0.2) is 87.2 Å². The lowest BCUT2D eigenvalue weighted by atomic mass is 10.1. The van der Waals surface area contributed by atoms with Crippen LogP contribution in [0.2, 0.25) is 0 Å². The number of fused-ring (bicyclic) bond motifs is 1. The number of hydrogen-bond donors (Lipinski definition) is 0. The van der Waals surface area contributed by atoms with Crippen molar-refractivity contribution in [1.29, 1.82) is 0 Å². The first kappa shape index (κ1) is 20.8. The number of nitrogens with zero attached hydrogens (tertiary/aromatic N) is 2. The summed E-state index contributed by atoms with van der Waals surface area (Å²) in [5, 5.41) is 0.653. The molecule has 2 heterocycles. The molecular formula is C25H19BrN2O3S. The summed E-state index contributed by atoms with van der Waals surface area (Å²) in [6.07, 6.45) is 1.87. The molecule has 3 aromatic carbocycles. The number of aliphatic imine (C=N–C) groups is 1. The number of benzene rings is 3. The molecule has 3 aromatic rings. The molecule has 0 aromatic heterocycles. The molecule has 0 saturated carbocycles. The third kappa shape index (κ3) is 4.06. The standard InChI is InChI=1S/C25H19BrN2O3S/c1-16(17-8-4-2-5-9-17)28-24(29)23(32-25(28)27-19-10-6-3-7-11-19)13-18-12-21-22(14-20(18)26)31-15-30-21/h2-14,16H,15H2,1H3/b23-13+,27-25?/t16-/m0/s1. The quantitative estimate of drug-likeness (QED) is 0.376. The molecule has 0 spiro atoms. The lowest BCUT2D eigenvalue weighted by molar-refractivity contribution is -0.123. The Balaban J connectivity index is 1.55. The summed E-state index contributed by atoms with van der Waals surface area (Å²) < 4.78 is 11.8. The Morgan fingerprint density at radius 1 is 1.03 bits per heavy atom. The van der Waals surface area contributed by atoms with E-state index >= 15 is 0 Å². The van der Waals surface area contributed by atoms with Gasteiger partial charge in [-0.05, 0) is 60.2 Å². The maximum atomic E-state index is 13.6. The second-order valence-electron chi connectivity index (χ2n) is 7.33. The molecule has 32 heavy (non-hydrogen) atoms. The van der Waals surface area contributed by atoms with Crippen molar-refractivity contribution in [3.05, 3.63) is 93.3 Å². The van der Waals surface area contributed by atoms with E-state index in [2.05, 4.69) is 15.9 Å². The highest BCUT2D eigenvalue weighted by atomic mass is 79.9. The average Bonchev–Trinajstić information content (AvgIpc) is 3.38. The van der Waals surface area contributed by atoms with E-state index in [1.165, 1.54) is 11.8 Å². The minimum Gasteiger partial charge on any atom is -0.454 e. The van der Waals surface area contributed by atoms with Gasteiger partial charge in [0.15, 0.2) is 16.7 Å². The van der Waals surface area contributed by atoms with E-state index in [0.717, 1.165) is 21.3 Å². The maximum absolute atomic E-state index is 13.6. The maximum Gasteiger partial charge on any atom is 0.267 e. The average molecular weight is 507 g/mol. The predicted octanol–water partition coefficient (Wildman–Crippen LogP) is 6.54. The smallest absolute Gasteiger partial charge is 0.267 e. The second-order valence-corrected chi connectivity index (χ2v) is 9.19. The van der Waals surface area contributed by atoms with Gasteiger partial charge in [0, 0.05) is 4.47 Å². The molecule has 5 nitrogen and oxygen atoms in total. The zero-order valence-electron chi connectivity index (χ0n) is 17.2. The summed E-state index contributed by atoms with van der Waals surface area (Å²) in [7, 11) is 0. The van der Waals surface area contributed by atoms with Crippen LogP contribution in [0.3, 0.4) is 0 Å². The summed E-state index contributed by atoms with van der Waals surface area (Å²) in [4.78, 5) is 20.7. The van der Waals surface area contributed by atoms with Crippen LogP contribution in [0.5, 0.6) is 11.5 Å². The van der Waals surface area contributed by atoms with Crippen molar-refractivity contribution in [3.8, 4) is 11.5 Å². The molecule has 0 bridgehead atoms. The van der Waals surface area contributed by atoms with Gasteiger partial charge in [-0.15, -0.1) is 0 Å². The SMILES string of the molecule is C[C@@H](c1ccccc1)N1C(=O)/C(=C\c2cc3c(cc2Br)OCO3)SC1=Nc1ccccc1. The normalized spacial score (nSPS) is 18.6. The highest BCUT2D eigenvalue weighted by Crippen LogP contribution is 2.42. The van der Waals surface area contributed by atoms with Gasteiger partial charge in [-0.2, -0.15) is 0 Å². The largest absolute Gasteiger partial charge is 0.454 e. The van der Waals surface area contributed by atoms with Crippen LogP contribution in [-0.2, 0) is 4.79 Å². The van der Waals surface area contributed by atoms with Gasteiger partial charge in [0.25, 0.3) is 5.91 Å². The van der Waals surface area contributed by atoms with Gasteiger partial charge in [-0.3, -0.25) is 9.69 Å². The van der Waals surface area contributed by atoms with Gasteiger partial charge >= 0.3 is 0 Å². The van der Waals surface area contributed by atoms with Crippen molar-refractivity contribution in [2.24, 2.45) is 4.99 Å². The van der Waals surface area contributed by atoms with Gasteiger partial charge in [0.05, 0.1) is 16.6 Å². The van der Waals surface area contributed by atoms with Crippen LogP contribution in [0.4, 0.5) is 5.69 Å². The molecule has 1 amide bonds. The molecule has 1 saturated heterocycles. The lowest BCUT2D eigenvalue weighted by Gasteiger charge is -2.24. The molecule has 5 rings (SSSR count). The third-order valence-corrected chi connectivity index (χ3v) is 6.94. The molecule has 0 aliphatic carbocycles. The highest BCUT2D eigenvalue weighted by molar-refractivity contribution is 9.10. The first-order valence-corrected chi connectivity index (χ1v) is 11.7. The fraction of sp³-hybridized carbons (Fsp3) is 0.120. The molecule has 0 unspecified atom stereocenters. The minimum atomic E-state index is -0.162. The van der Waals surface area contributed by atoms with Crippen molar-refractivity contribution in [1.82, 2.24) is 4.90 Å². The number of halogens is 1. The van der Waals surface area contributed by atoms with Gasteiger partial charge < -0.3 is 9.47 Å². The summed E-state index contributed by atoms with van der Waals surface area (Å²) in [5.74, 6) is 1.28. The van der Waals surface area contributed by atoms with Crippen molar-refractivity contribution in [2.45, 2.75) is 13.0 Å². The Bertz CT molecular complexity index is 1230. The third-order valence-electron chi connectivity index (χ3n) is 5.27. The monoisotopic (exact) mass is 506 g/mol. The number of rotatable bonds is 4. The van der Waals surface area contributed by atoms with Gasteiger partial charge in [0.2, 0.25) is 6.79 Å².